The van der Waals surface area contributed by atoms with Crippen LogP contribution in [0.2, 0.25) is 0 Å². The number of hydrogen-bond donors (Lipinski definition) is 2. The molecule has 0 spiro atoms. The van der Waals surface area contributed by atoms with E-state index < -0.39 is 30.1 Å². The molecule has 51 heavy (non-hydrogen) atoms. The fourth-order valence-corrected chi connectivity index (χ4v) is 7.72. The maximum absolute atomic E-state index is 14.3. The van der Waals surface area contributed by atoms with Crippen molar-refractivity contribution in [3.63, 3.8) is 0 Å². The quantitative estimate of drug-likeness (QED) is 0.0319. The van der Waals surface area contributed by atoms with E-state index >= 15 is 0 Å². The zero-order chi connectivity index (χ0) is 36.5. The van der Waals surface area contributed by atoms with Gasteiger partial charge >= 0.3 is 5.97 Å². The number of ketones is 1. The van der Waals surface area contributed by atoms with Gasteiger partial charge in [-0.3, -0.25) is 9.59 Å². The number of ether oxygens (including phenoxy) is 3. The Morgan fingerprint density at radius 3 is 2.06 bits per heavy atom. The molecule has 0 saturated heterocycles. The highest BCUT2D eigenvalue weighted by atomic mass is 32.1. The molecule has 1 aromatic heterocycles. The van der Waals surface area contributed by atoms with E-state index in [-0.39, 0.29) is 37.2 Å². The summed E-state index contributed by atoms with van der Waals surface area (Å²) in [5, 5.41) is 20.7. The molecule has 0 saturated carbocycles. The molecule has 0 aliphatic heterocycles. The van der Waals surface area contributed by atoms with Crippen LogP contribution in [0.5, 0.6) is 11.5 Å². The molecule has 3 aromatic carbocycles. The third-order valence-corrected chi connectivity index (χ3v) is 10.3. The first-order chi connectivity index (χ1) is 24.8. The van der Waals surface area contributed by atoms with Crippen molar-refractivity contribution in [1.29, 1.82) is 0 Å². The molecule has 0 bridgehead atoms. The topological polar surface area (TPSA) is 119 Å². The molecule has 8 nitrogen and oxygen atoms in total. The number of Topliss-reactive ketones (excluding diaryl/α,β-unsaturated/α-hetero) is 1. The Bertz CT molecular complexity index is 1730. The van der Waals surface area contributed by atoms with Gasteiger partial charge in [0.2, 0.25) is 5.78 Å². The molecule has 0 fully saturated rings. The first-order valence-corrected chi connectivity index (χ1v) is 19.5. The van der Waals surface area contributed by atoms with Crippen molar-refractivity contribution in [2.24, 2.45) is 0 Å². The van der Waals surface area contributed by atoms with Crippen molar-refractivity contribution in [2.45, 2.75) is 115 Å². The van der Waals surface area contributed by atoms with Crippen LogP contribution in [0.4, 0.5) is 0 Å². The first kappa shape index (κ1) is 40.0. The summed E-state index contributed by atoms with van der Waals surface area (Å²) in [6.45, 7) is 3.28. The molecule has 276 valence electrons. The Balaban J connectivity index is 1.47. The monoisotopic (exact) mass is 718 g/mol. The number of aliphatic hydroxyl groups excluding tert-OH is 2. The van der Waals surface area contributed by atoms with Crippen LogP contribution in [0, 0.1) is 0 Å². The second kappa shape index (κ2) is 20.9. The van der Waals surface area contributed by atoms with Crippen molar-refractivity contribution < 1.29 is 34.0 Å². The van der Waals surface area contributed by atoms with Crippen LogP contribution < -0.4 is 14.9 Å². The van der Waals surface area contributed by atoms with Crippen LogP contribution in [0.25, 0.3) is 20.2 Å². The largest absolute Gasteiger partial charge is 0.491 e. The van der Waals surface area contributed by atoms with Gasteiger partial charge < -0.3 is 24.4 Å². The van der Waals surface area contributed by atoms with Crippen LogP contribution in [-0.2, 0) is 9.53 Å². The van der Waals surface area contributed by atoms with Crippen molar-refractivity contribution in [1.82, 2.24) is 0 Å². The Kier molecular flexibility index (Phi) is 16.4. The molecule has 0 aliphatic rings. The standard InChI is InChI=1S/C42H54O8S/c1-3-4-5-6-7-8-9-10-11-12-13-16-26-42(29-31(2)44,41(47)32-22-24-33(25-23-32)48-28-27-43)50-38(45)30-49-35-19-17-21-37-39(35)40(46)34-18-14-15-20-36(34)51-37/h14-15,17-25,31,43-44H,3-13,16,26-30H2,1-2H3. The zero-order valence-corrected chi connectivity index (χ0v) is 31.0. The minimum absolute atomic E-state index is 0.0784. The highest BCUT2D eigenvalue weighted by molar-refractivity contribution is 7.24. The predicted octanol–water partition coefficient (Wildman–Crippen LogP) is 9.19. The van der Waals surface area contributed by atoms with E-state index in [1.807, 2.05) is 24.3 Å². The van der Waals surface area contributed by atoms with Gasteiger partial charge in [0.05, 0.1) is 18.1 Å². The molecule has 0 aliphatic carbocycles. The summed E-state index contributed by atoms with van der Waals surface area (Å²) in [5.74, 6) is -0.411. The summed E-state index contributed by atoms with van der Waals surface area (Å²) in [5.41, 5.74) is -1.49. The summed E-state index contributed by atoms with van der Waals surface area (Å²) >= 11 is 1.47. The summed E-state index contributed by atoms with van der Waals surface area (Å²) in [6, 6.07) is 19.1. The molecule has 2 atom stereocenters. The normalized spacial score (nSPS) is 13.2. The second-order valence-corrected chi connectivity index (χ2v) is 14.5. The molecule has 9 heteroatoms. The van der Waals surface area contributed by atoms with E-state index in [9.17, 15) is 19.5 Å². The van der Waals surface area contributed by atoms with E-state index in [4.69, 9.17) is 19.3 Å². The van der Waals surface area contributed by atoms with Crippen molar-refractivity contribution >= 4 is 43.3 Å². The predicted molar refractivity (Wildman–Crippen MR) is 205 cm³/mol. The van der Waals surface area contributed by atoms with Crippen LogP contribution in [0.1, 0.15) is 114 Å². The van der Waals surface area contributed by atoms with Gasteiger partial charge in [0, 0.05) is 26.8 Å². The lowest BCUT2D eigenvalue weighted by atomic mass is 9.82. The fraction of sp³-hybridized carbons (Fsp3) is 0.500. The second-order valence-electron chi connectivity index (χ2n) is 13.4. The van der Waals surface area contributed by atoms with Gasteiger partial charge in [-0.2, -0.15) is 0 Å². The average molecular weight is 719 g/mol. The van der Waals surface area contributed by atoms with Gasteiger partial charge in [0.1, 0.15) is 18.1 Å². The lowest BCUT2D eigenvalue weighted by Crippen LogP contribution is -2.46. The number of benzene rings is 3. The molecule has 1 heterocycles. The number of fused-ring (bicyclic) bond motifs is 2. The average Bonchev–Trinajstić information content (AvgIpc) is 3.13. The Hall–Kier alpha value is -3.79. The number of unbranched alkanes of at least 4 members (excludes halogenated alkanes) is 11. The highest BCUT2D eigenvalue weighted by Gasteiger charge is 2.43. The molecule has 4 aromatic rings. The maximum atomic E-state index is 14.3. The molecule has 2 N–H and O–H groups in total. The third kappa shape index (κ3) is 11.9. The Morgan fingerprint density at radius 1 is 0.784 bits per heavy atom. The van der Waals surface area contributed by atoms with E-state index in [1.54, 1.807) is 49.4 Å². The molecule has 0 amide bonds. The van der Waals surface area contributed by atoms with E-state index in [1.165, 1.54) is 62.7 Å². The van der Waals surface area contributed by atoms with E-state index in [0.717, 1.165) is 28.7 Å². The minimum atomic E-state index is -1.62. The SMILES string of the molecule is CCCCCCCCCCCCCCC(CC(C)O)(OC(=O)COc1cccc2sc3ccccc3c(=O)c12)C(=O)c1ccc(OCCO)cc1. The number of carbonyl (C=O) groups is 2. The van der Waals surface area contributed by atoms with Gasteiger partial charge in [0.25, 0.3) is 0 Å². The first-order valence-electron chi connectivity index (χ1n) is 18.6. The Labute approximate surface area is 305 Å². The molecular formula is C42H54O8S. The molecular weight excluding hydrogens is 665 g/mol. The summed E-state index contributed by atoms with van der Waals surface area (Å²) in [7, 11) is 0. The van der Waals surface area contributed by atoms with Gasteiger partial charge in [0.15, 0.2) is 17.6 Å². The highest BCUT2D eigenvalue weighted by Crippen LogP contribution is 2.33. The van der Waals surface area contributed by atoms with Crippen molar-refractivity contribution in [3.05, 3.63) is 82.5 Å². The van der Waals surface area contributed by atoms with Crippen molar-refractivity contribution in [3.8, 4) is 11.5 Å². The van der Waals surface area contributed by atoms with Crippen LogP contribution in [0.15, 0.2) is 71.5 Å². The third-order valence-electron chi connectivity index (χ3n) is 9.17. The minimum Gasteiger partial charge on any atom is -0.491 e. The van der Waals surface area contributed by atoms with Gasteiger partial charge in [-0.05, 0) is 68.3 Å². The van der Waals surface area contributed by atoms with Crippen LogP contribution in [-0.4, -0.2) is 53.5 Å². The number of aliphatic hydroxyl groups is 2. The summed E-state index contributed by atoms with van der Waals surface area (Å²) in [4.78, 5) is 41.3. The fourth-order valence-electron chi connectivity index (χ4n) is 6.63. The Morgan fingerprint density at radius 2 is 1.41 bits per heavy atom. The summed E-state index contributed by atoms with van der Waals surface area (Å²) in [6.07, 6.45) is 13.0. The van der Waals surface area contributed by atoms with Gasteiger partial charge in [-0.25, -0.2) is 4.79 Å². The lowest BCUT2D eigenvalue weighted by Gasteiger charge is -2.33. The van der Waals surface area contributed by atoms with Crippen molar-refractivity contribution in [2.75, 3.05) is 19.8 Å². The summed E-state index contributed by atoms with van der Waals surface area (Å²) < 4.78 is 19.1. The number of rotatable bonds is 24. The number of hydrogen-bond acceptors (Lipinski definition) is 9. The van der Waals surface area contributed by atoms with Gasteiger partial charge in [-0.15, -0.1) is 11.3 Å². The van der Waals surface area contributed by atoms with E-state index in [2.05, 4.69) is 6.92 Å². The number of esters is 1. The van der Waals surface area contributed by atoms with Crippen LogP contribution in [0.3, 0.4) is 0 Å². The smallest absolute Gasteiger partial charge is 0.345 e. The molecule has 4 rings (SSSR count). The van der Waals surface area contributed by atoms with Gasteiger partial charge in [-0.1, -0.05) is 95.8 Å². The van der Waals surface area contributed by atoms with Crippen LogP contribution >= 0.6 is 11.3 Å². The van der Waals surface area contributed by atoms with E-state index in [0.29, 0.717) is 28.5 Å². The molecule has 2 unspecified atom stereocenters. The zero-order valence-electron chi connectivity index (χ0n) is 30.2. The lowest BCUT2D eigenvalue weighted by molar-refractivity contribution is -0.160. The maximum Gasteiger partial charge on any atom is 0.345 e. The molecule has 0 radical (unpaired) electrons. The number of carbonyl (C=O) groups excluding carboxylic acids is 2.